The molecule has 2 nitrogen and oxygen atoms in total. The highest BCUT2D eigenvalue weighted by Crippen LogP contribution is 2.38. The van der Waals surface area contributed by atoms with Gasteiger partial charge in [-0.25, -0.2) is 4.98 Å². The van der Waals surface area contributed by atoms with Gasteiger partial charge in [0.15, 0.2) is 0 Å². The van der Waals surface area contributed by atoms with Crippen molar-refractivity contribution in [2.45, 2.75) is 12.5 Å². The molecule has 0 unspecified atom stereocenters. The molecule has 0 N–H and O–H groups in total. The third-order valence-corrected chi connectivity index (χ3v) is 2.60. The number of aromatic nitrogens is 1. The summed E-state index contributed by atoms with van der Waals surface area (Å²) in [5.41, 5.74) is -1.55. The van der Waals surface area contributed by atoms with Crippen LogP contribution in [0.1, 0.15) is 5.69 Å². The standard InChI is InChI=1S/C7HBrClF6NO/c8-2-1-3(6(10,11)12)16-5(4(2)9)17-7(13,14)15/h1H. The molecule has 0 fully saturated rings. The van der Waals surface area contributed by atoms with Gasteiger partial charge >= 0.3 is 12.5 Å². The van der Waals surface area contributed by atoms with Crippen molar-refractivity contribution in [2.24, 2.45) is 0 Å². The van der Waals surface area contributed by atoms with Crippen molar-refractivity contribution in [3.63, 3.8) is 0 Å². The fourth-order valence-corrected chi connectivity index (χ4v) is 1.32. The lowest BCUT2D eigenvalue weighted by atomic mass is 10.3. The van der Waals surface area contributed by atoms with E-state index in [1.54, 1.807) is 0 Å². The molecular weight excluding hydrogens is 343 g/mol. The van der Waals surface area contributed by atoms with Crippen LogP contribution in [0.4, 0.5) is 26.3 Å². The summed E-state index contributed by atoms with van der Waals surface area (Å²) in [6, 6.07) is 0.450. The molecule has 0 atom stereocenters. The summed E-state index contributed by atoms with van der Waals surface area (Å²) in [5.74, 6) is -1.36. The summed E-state index contributed by atoms with van der Waals surface area (Å²) in [5, 5.41) is -0.699. The topological polar surface area (TPSA) is 22.1 Å². The molecule has 0 aliphatic rings. The SMILES string of the molecule is FC(F)(F)Oc1nc(C(F)(F)F)cc(Br)c1Cl. The summed E-state index contributed by atoms with van der Waals surface area (Å²) in [6.07, 6.45) is -10.1. The van der Waals surface area contributed by atoms with Gasteiger partial charge in [0.25, 0.3) is 0 Å². The van der Waals surface area contributed by atoms with Crippen molar-refractivity contribution in [1.29, 1.82) is 0 Å². The number of nitrogens with zero attached hydrogens (tertiary/aromatic N) is 1. The minimum absolute atomic E-state index is 0.402. The van der Waals surface area contributed by atoms with Crippen LogP contribution in [0.5, 0.6) is 5.88 Å². The van der Waals surface area contributed by atoms with E-state index in [9.17, 15) is 26.3 Å². The summed E-state index contributed by atoms with van der Waals surface area (Å²) in [7, 11) is 0. The zero-order chi connectivity index (χ0) is 13.4. The smallest absolute Gasteiger partial charge is 0.386 e. The largest absolute Gasteiger partial charge is 0.574 e. The molecule has 0 aliphatic heterocycles. The fourth-order valence-electron chi connectivity index (χ4n) is 0.799. The average molecular weight is 344 g/mol. The van der Waals surface area contributed by atoms with E-state index >= 15 is 0 Å². The van der Waals surface area contributed by atoms with Crippen LogP contribution >= 0.6 is 27.5 Å². The Kier molecular flexibility index (Phi) is 3.82. The Morgan fingerprint density at radius 1 is 1.18 bits per heavy atom. The van der Waals surface area contributed by atoms with E-state index in [0.29, 0.717) is 6.07 Å². The van der Waals surface area contributed by atoms with Crippen LogP contribution in [0.3, 0.4) is 0 Å². The van der Waals surface area contributed by atoms with Crippen LogP contribution in [0.2, 0.25) is 5.02 Å². The first-order chi connectivity index (χ1) is 7.50. The van der Waals surface area contributed by atoms with Gasteiger partial charge in [0.2, 0.25) is 5.88 Å². The van der Waals surface area contributed by atoms with Gasteiger partial charge in [-0.2, -0.15) is 13.2 Å². The quantitative estimate of drug-likeness (QED) is 0.704. The fraction of sp³-hybridized carbons (Fsp3) is 0.286. The Balaban J connectivity index is 3.26. The maximum atomic E-state index is 12.2. The molecule has 96 valence electrons. The predicted molar refractivity (Wildman–Crippen MR) is 48.6 cm³/mol. The number of hydrogen-bond acceptors (Lipinski definition) is 2. The van der Waals surface area contributed by atoms with E-state index in [4.69, 9.17) is 11.6 Å². The molecule has 0 aromatic carbocycles. The molecule has 17 heavy (non-hydrogen) atoms. The number of alkyl halides is 6. The number of halogens is 8. The van der Waals surface area contributed by atoms with Crippen molar-refractivity contribution in [3.8, 4) is 5.88 Å². The first-order valence-corrected chi connectivity index (χ1v) is 4.87. The van der Waals surface area contributed by atoms with Crippen LogP contribution < -0.4 is 4.74 Å². The van der Waals surface area contributed by atoms with E-state index in [0.717, 1.165) is 0 Å². The lowest BCUT2D eigenvalue weighted by Gasteiger charge is -2.13. The third-order valence-electron chi connectivity index (χ3n) is 1.39. The summed E-state index contributed by atoms with van der Waals surface area (Å²) in [6.45, 7) is 0. The van der Waals surface area contributed by atoms with E-state index in [2.05, 4.69) is 25.7 Å². The third kappa shape index (κ3) is 3.91. The van der Waals surface area contributed by atoms with E-state index in [-0.39, 0.29) is 0 Å². The predicted octanol–water partition coefficient (Wildman–Crippen LogP) is 4.41. The van der Waals surface area contributed by atoms with Crippen molar-refractivity contribution in [1.82, 2.24) is 4.98 Å². The normalized spacial score (nSPS) is 12.7. The number of hydrogen-bond donors (Lipinski definition) is 0. The second-order valence-electron chi connectivity index (χ2n) is 2.65. The van der Waals surface area contributed by atoms with Crippen LogP contribution in [0.25, 0.3) is 0 Å². The van der Waals surface area contributed by atoms with E-state index in [1.165, 1.54) is 0 Å². The highest BCUT2D eigenvalue weighted by Gasteiger charge is 2.37. The van der Waals surface area contributed by atoms with Gasteiger partial charge < -0.3 is 4.74 Å². The van der Waals surface area contributed by atoms with Crippen molar-refractivity contribution in [2.75, 3.05) is 0 Å². The van der Waals surface area contributed by atoms with Gasteiger partial charge in [-0.1, -0.05) is 11.6 Å². The molecule has 1 aromatic heterocycles. The van der Waals surface area contributed by atoms with Crippen LogP contribution in [0.15, 0.2) is 10.5 Å². The molecule has 0 saturated heterocycles. The maximum Gasteiger partial charge on any atom is 0.574 e. The molecule has 1 rings (SSSR count). The lowest BCUT2D eigenvalue weighted by Crippen LogP contribution is -2.19. The van der Waals surface area contributed by atoms with Crippen molar-refractivity contribution >= 4 is 27.5 Å². The van der Waals surface area contributed by atoms with Crippen LogP contribution in [-0.4, -0.2) is 11.3 Å². The Hall–Kier alpha value is -0.700. The van der Waals surface area contributed by atoms with E-state index in [1.807, 2.05) is 0 Å². The Morgan fingerprint density at radius 3 is 2.12 bits per heavy atom. The van der Waals surface area contributed by atoms with Gasteiger partial charge in [-0.3, -0.25) is 0 Å². The monoisotopic (exact) mass is 343 g/mol. The molecular formula is C7HBrClF6NO. The van der Waals surface area contributed by atoms with Crippen LogP contribution in [-0.2, 0) is 6.18 Å². The van der Waals surface area contributed by atoms with Crippen molar-refractivity contribution in [3.05, 3.63) is 21.3 Å². The van der Waals surface area contributed by atoms with Gasteiger partial charge in [-0.05, 0) is 22.0 Å². The Bertz CT molecular complexity index is 432. The highest BCUT2D eigenvalue weighted by atomic mass is 79.9. The minimum atomic E-state index is -5.18. The zero-order valence-electron chi connectivity index (χ0n) is 7.46. The van der Waals surface area contributed by atoms with E-state index < -0.39 is 33.6 Å². The van der Waals surface area contributed by atoms with Crippen molar-refractivity contribution < 1.29 is 31.1 Å². The zero-order valence-corrected chi connectivity index (χ0v) is 9.80. The molecule has 0 radical (unpaired) electrons. The summed E-state index contributed by atoms with van der Waals surface area (Å²) < 4.78 is 75.2. The molecule has 0 saturated carbocycles. The summed E-state index contributed by atoms with van der Waals surface area (Å²) in [4.78, 5) is 2.66. The van der Waals surface area contributed by atoms with Gasteiger partial charge in [0, 0.05) is 4.47 Å². The second-order valence-corrected chi connectivity index (χ2v) is 3.89. The molecule has 0 aliphatic carbocycles. The Labute approximate surface area is 104 Å². The average Bonchev–Trinajstić information content (AvgIpc) is 2.08. The van der Waals surface area contributed by atoms with Gasteiger partial charge in [-0.15, -0.1) is 13.2 Å². The number of pyridine rings is 1. The maximum absolute atomic E-state index is 12.2. The second kappa shape index (κ2) is 4.52. The molecule has 1 aromatic rings. The molecule has 0 spiro atoms. The van der Waals surface area contributed by atoms with Crippen LogP contribution in [0, 0.1) is 0 Å². The number of ether oxygens (including phenoxy) is 1. The molecule has 10 heteroatoms. The first-order valence-electron chi connectivity index (χ1n) is 3.69. The van der Waals surface area contributed by atoms with Gasteiger partial charge in [0.1, 0.15) is 10.7 Å². The minimum Gasteiger partial charge on any atom is -0.386 e. The first kappa shape index (κ1) is 14.4. The lowest BCUT2D eigenvalue weighted by molar-refractivity contribution is -0.276. The van der Waals surface area contributed by atoms with Gasteiger partial charge in [0.05, 0.1) is 0 Å². The Morgan fingerprint density at radius 2 is 1.71 bits per heavy atom. The highest BCUT2D eigenvalue weighted by molar-refractivity contribution is 9.10. The summed E-state index contributed by atoms with van der Waals surface area (Å²) >= 11 is 7.90. The number of rotatable bonds is 1. The molecule has 1 heterocycles. The molecule has 0 bridgehead atoms. The molecule has 0 amide bonds.